The van der Waals surface area contributed by atoms with Gasteiger partial charge in [-0.25, -0.2) is 15.0 Å². The lowest BCUT2D eigenvalue weighted by atomic mass is 10.3. The van der Waals surface area contributed by atoms with Crippen LogP contribution >= 0.6 is 0 Å². The fraction of sp³-hybridized carbons (Fsp3) is 0.143. The van der Waals surface area contributed by atoms with Crippen LogP contribution in [0.25, 0.3) is 11.2 Å². The van der Waals surface area contributed by atoms with E-state index in [-0.39, 0.29) is 11.6 Å². The maximum atomic E-state index is 11.3. The molecule has 0 unspecified atom stereocenters. The van der Waals surface area contributed by atoms with Crippen molar-refractivity contribution in [3.8, 4) is 0 Å². The molecule has 0 aliphatic rings. The highest BCUT2D eigenvalue weighted by Crippen LogP contribution is 2.08. The zero-order valence-electron chi connectivity index (χ0n) is 6.90. The number of hydrogen-bond donors (Lipinski definition) is 2. The molecule has 0 bridgehead atoms. The number of carbonyl (C=O) groups excluding carboxylic acids is 1. The first-order chi connectivity index (χ1) is 6.33. The number of nitrogens with one attached hydrogen (secondary N) is 2. The molecule has 0 spiro atoms. The smallest absolute Gasteiger partial charge is 0.272 e. The van der Waals surface area contributed by atoms with Crippen molar-refractivity contribution in [2.75, 3.05) is 7.05 Å². The van der Waals surface area contributed by atoms with Crippen LogP contribution in [-0.2, 0) is 0 Å². The first-order valence-electron chi connectivity index (χ1n) is 3.69. The summed E-state index contributed by atoms with van der Waals surface area (Å²) in [5, 5.41) is 2.48. The molecule has 2 aromatic rings. The SMILES string of the molecule is CNC(=O)c1ncnc2[nH]cnc12. The molecule has 6 heteroatoms. The fourth-order valence-corrected chi connectivity index (χ4v) is 1.05. The van der Waals surface area contributed by atoms with Gasteiger partial charge in [0.2, 0.25) is 0 Å². The number of aromatic amines is 1. The van der Waals surface area contributed by atoms with Gasteiger partial charge in [0.05, 0.1) is 6.33 Å². The summed E-state index contributed by atoms with van der Waals surface area (Å²) in [4.78, 5) is 25.8. The molecule has 0 aliphatic carbocycles. The van der Waals surface area contributed by atoms with Crippen LogP contribution < -0.4 is 5.32 Å². The molecule has 0 saturated heterocycles. The highest BCUT2D eigenvalue weighted by Gasteiger charge is 2.11. The van der Waals surface area contributed by atoms with Gasteiger partial charge in [0.25, 0.3) is 5.91 Å². The Kier molecular flexibility index (Phi) is 1.66. The largest absolute Gasteiger partial charge is 0.354 e. The number of amides is 1. The topological polar surface area (TPSA) is 83.6 Å². The van der Waals surface area contributed by atoms with Crippen molar-refractivity contribution in [2.24, 2.45) is 0 Å². The van der Waals surface area contributed by atoms with E-state index in [1.807, 2.05) is 0 Å². The molecule has 0 atom stereocenters. The lowest BCUT2D eigenvalue weighted by molar-refractivity contribution is 0.0959. The number of imidazole rings is 1. The van der Waals surface area contributed by atoms with E-state index in [1.165, 1.54) is 12.7 Å². The minimum Gasteiger partial charge on any atom is -0.354 e. The third kappa shape index (κ3) is 1.12. The van der Waals surface area contributed by atoms with E-state index in [1.54, 1.807) is 7.05 Å². The number of nitrogens with zero attached hydrogens (tertiary/aromatic N) is 3. The average molecular weight is 177 g/mol. The molecular formula is C7H7N5O. The van der Waals surface area contributed by atoms with Crippen molar-refractivity contribution in [2.45, 2.75) is 0 Å². The molecule has 0 radical (unpaired) electrons. The van der Waals surface area contributed by atoms with Crippen LogP contribution in [0, 0.1) is 0 Å². The number of hydrogen-bond acceptors (Lipinski definition) is 4. The van der Waals surface area contributed by atoms with Gasteiger partial charge in [0.15, 0.2) is 11.3 Å². The lowest BCUT2D eigenvalue weighted by Gasteiger charge is -1.97. The Bertz CT molecular complexity index is 449. The second kappa shape index (κ2) is 2.81. The molecule has 66 valence electrons. The Labute approximate surface area is 73.4 Å². The maximum absolute atomic E-state index is 11.3. The van der Waals surface area contributed by atoms with Crippen molar-refractivity contribution in [3.05, 3.63) is 18.3 Å². The molecule has 0 aliphatic heterocycles. The number of H-pyrrole nitrogens is 1. The lowest BCUT2D eigenvalue weighted by Crippen LogP contribution is -2.19. The normalized spacial score (nSPS) is 10.2. The van der Waals surface area contributed by atoms with Gasteiger partial charge in [-0.05, 0) is 0 Å². The Balaban J connectivity index is 2.67. The minimum absolute atomic E-state index is 0.264. The molecule has 0 fully saturated rings. The average Bonchev–Trinajstić information content (AvgIpc) is 2.63. The van der Waals surface area contributed by atoms with Crippen molar-refractivity contribution in [3.63, 3.8) is 0 Å². The monoisotopic (exact) mass is 177 g/mol. The van der Waals surface area contributed by atoms with Gasteiger partial charge in [0.1, 0.15) is 11.8 Å². The zero-order chi connectivity index (χ0) is 9.26. The Morgan fingerprint density at radius 1 is 1.46 bits per heavy atom. The summed E-state index contributed by atoms with van der Waals surface area (Å²) in [5.41, 5.74) is 1.34. The summed E-state index contributed by atoms with van der Waals surface area (Å²) < 4.78 is 0. The van der Waals surface area contributed by atoms with E-state index < -0.39 is 0 Å². The fourth-order valence-electron chi connectivity index (χ4n) is 1.05. The summed E-state index contributed by atoms with van der Waals surface area (Å²) in [6.07, 6.45) is 2.80. The molecule has 13 heavy (non-hydrogen) atoms. The van der Waals surface area contributed by atoms with E-state index >= 15 is 0 Å². The summed E-state index contributed by atoms with van der Waals surface area (Å²) in [7, 11) is 1.54. The first-order valence-corrected chi connectivity index (χ1v) is 3.69. The van der Waals surface area contributed by atoms with Crippen LogP contribution in [0.2, 0.25) is 0 Å². The van der Waals surface area contributed by atoms with Crippen LogP contribution in [0.5, 0.6) is 0 Å². The maximum Gasteiger partial charge on any atom is 0.272 e. The van der Waals surface area contributed by atoms with E-state index in [0.717, 1.165) is 0 Å². The Morgan fingerprint density at radius 3 is 3.08 bits per heavy atom. The van der Waals surface area contributed by atoms with E-state index in [0.29, 0.717) is 11.2 Å². The van der Waals surface area contributed by atoms with E-state index in [9.17, 15) is 4.79 Å². The molecule has 2 heterocycles. The second-order valence-corrected chi connectivity index (χ2v) is 2.40. The van der Waals surface area contributed by atoms with Gasteiger partial charge < -0.3 is 10.3 Å². The van der Waals surface area contributed by atoms with Gasteiger partial charge in [0, 0.05) is 7.05 Å². The molecule has 2 rings (SSSR count). The third-order valence-electron chi connectivity index (χ3n) is 1.66. The molecule has 0 aromatic carbocycles. The highest BCUT2D eigenvalue weighted by molar-refractivity contribution is 6.01. The number of rotatable bonds is 1. The summed E-state index contributed by atoms with van der Waals surface area (Å²) in [6, 6.07) is 0. The van der Waals surface area contributed by atoms with Crippen molar-refractivity contribution in [1.29, 1.82) is 0 Å². The van der Waals surface area contributed by atoms with Gasteiger partial charge in [-0.15, -0.1) is 0 Å². The summed E-state index contributed by atoms with van der Waals surface area (Å²) >= 11 is 0. The first kappa shape index (κ1) is 7.66. The van der Waals surface area contributed by atoms with Crippen LogP contribution in [-0.4, -0.2) is 32.9 Å². The number of fused-ring (bicyclic) bond motifs is 1. The quantitative estimate of drug-likeness (QED) is 0.627. The van der Waals surface area contributed by atoms with Gasteiger partial charge >= 0.3 is 0 Å². The minimum atomic E-state index is -0.264. The zero-order valence-corrected chi connectivity index (χ0v) is 6.90. The van der Waals surface area contributed by atoms with Crippen LogP contribution in [0.4, 0.5) is 0 Å². The predicted molar refractivity (Wildman–Crippen MR) is 45.1 cm³/mol. The van der Waals surface area contributed by atoms with Gasteiger partial charge in [-0.1, -0.05) is 0 Å². The van der Waals surface area contributed by atoms with Gasteiger partial charge in [-0.3, -0.25) is 4.79 Å². The van der Waals surface area contributed by atoms with Crippen molar-refractivity contribution >= 4 is 17.1 Å². The van der Waals surface area contributed by atoms with E-state index in [2.05, 4.69) is 25.3 Å². The Morgan fingerprint density at radius 2 is 2.31 bits per heavy atom. The highest BCUT2D eigenvalue weighted by atomic mass is 16.1. The second-order valence-electron chi connectivity index (χ2n) is 2.40. The Hall–Kier alpha value is -1.98. The van der Waals surface area contributed by atoms with Crippen molar-refractivity contribution in [1.82, 2.24) is 25.3 Å². The molecule has 2 aromatic heterocycles. The van der Waals surface area contributed by atoms with Crippen molar-refractivity contribution < 1.29 is 4.79 Å². The molecular weight excluding hydrogens is 170 g/mol. The van der Waals surface area contributed by atoms with Crippen LogP contribution in [0.3, 0.4) is 0 Å². The molecule has 6 nitrogen and oxygen atoms in total. The van der Waals surface area contributed by atoms with Crippen LogP contribution in [0.1, 0.15) is 10.5 Å². The number of carbonyl (C=O) groups is 1. The van der Waals surface area contributed by atoms with Crippen LogP contribution in [0.15, 0.2) is 12.7 Å². The number of aromatic nitrogens is 4. The van der Waals surface area contributed by atoms with Gasteiger partial charge in [-0.2, -0.15) is 0 Å². The molecule has 2 N–H and O–H groups in total. The van der Waals surface area contributed by atoms with E-state index in [4.69, 9.17) is 0 Å². The standard InChI is InChI=1S/C7H7N5O/c1-8-7(13)5-4-6(11-2-9-4)12-3-10-5/h2-3H,1H3,(H,8,13)(H,9,10,11,12). The predicted octanol–water partition coefficient (Wildman–Crippen LogP) is -0.288. The molecule has 1 amide bonds. The third-order valence-corrected chi connectivity index (χ3v) is 1.66. The summed E-state index contributed by atoms with van der Waals surface area (Å²) in [6.45, 7) is 0. The summed E-state index contributed by atoms with van der Waals surface area (Å²) in [5.74, 6) is -0.264. The molecule has 0 saturated carbocycles.